The molecule has 0 aliphatic heterocycles. The Morgan fingerprint density at radius 1 is 0.774 bits per heavy atom. The van der Waals surface area contributed by atoms with Gasteiger partial charge in [0.1, 0.15) is 15.5 Å². The molecule has 0 radical (unpaired) electrons. The smallest absolute Gasteiger partial charge is 0.359 e. The summed E-state index contributed by atoms with van der Waals surface area (Å²) in [4.78, 5) is 26.0. The highest BCUT2D eigenvalue weighted by Gasteiger charge is 2.27. The van der Waals surface area contributed by atoms with Crippen molar-refractivity contribution in [1.82, 2.24) is 21.6 Å². The molecule has 9 N–H and O–H groups in total. The minimum absolute atomic E-state index is 0.0294. The summed E-state index contributed by atoms with van der Waals surface area (Å²) in [7, 11) is -7.82. The lowest BCUT2D eigenvalue weighted by Crippen LogP contribution is -2.54. The predicted octanol–water partition coefficient (Wildman–Crippen LogP) is 5.67. The summed E-state index contributed by atoms with van der Waals surface area (Å²) < 4.78 is 66.2. The van der Waals surface area contributed by atoms with Crippen molar-refractivity contribution in [2.75, 3.05) is 23.0 Å². The molecule has 5 rings (SSSR count). The monoisotopic (exact) mass is 1040 g/mol. The van der Waals surface area contributed by atoms with Crippen molar-refractivity contribution in [3.05, 3.63) is 117 Å². The molecular weight excluding hydrogens is 1010 g/mol. The second kappa shape index (κ2) is 20.7. The van der Waals surface area contributed by atoms with Crippen LogP contribution in [0.3, 0.4) is 0 Å². The molecule has 5 aromatic rings. The number of nitrogens with zero attached hydrogens (tertiary/aromatic N) is 2. The second-order valence-electron chi connectivity index (χ2n) is 12.5. The predicted molar refractivity (Wildman–Crippen MR) is 253 cm³/mol. The lowest BCUT2D eigenvalue weighted by molar-refractivity contribution is -0.130. The number of aromatic hydroxyl groups is 1. The molecule has 1 atom stereocenters. The van der Waals surface area contributed by atoms with Crippen molar-refractivity contribution in [3.63, 3.8) is 0 Å². The van der Waals surface area contributed by atoms with Crippen molar-refractivity contribution in [3.8, 4) is 5.75 Å². The van der Waals surface area contributed by atoms with Crippen molar-refractivity contribution in [1.29, 1.82) is 0 Å². The standard InChI is InChI=1S/C38H33Br2N9O9S4/c1-41-37(59)45-28-14-11-24(32(19-28)62(56,57)58-42-2)8-7-23-10-13-27(18-31(23)61(53,54)55)46-38(60)49-48-36(52)33(44-26-12-9-22-5-3-4-6-25(22)17-26)35(51)47-43-20-21-15-29(39)34(50)30(40)16-21/h3-20,33,44,50H,2H2,1H3,(H,47,51)(H,48,52)(H2,41,45,59)(H2,46,49,60)(H,53,54,55)/b8-7+,43-20+. The number of carbonyl (C=O) groups is 2. The third kappa shape index (κ3) is 12.5. The highest BCUT2D eigenvalue weighted by atomic mass is 79.9. The van der Waals surface area contributed by atoms with E-state index in [1.54, 1.807) is 37.4 Å². The van der Waals surface area contributed by atoms with Crippen LogP contribution in [0, 0.1) is 0 Å². The van der Waals surface area contributed by atoms with E-state index >= 15 is 0 Å². The van der Waals surface area contributed by atoms with Crippen molar-refractivity contribution in [2.45, 2.75) is 15.8 Å². The summed E-state index contributed by atoms with van der Waals surface area (Å²) >= 11 is 16.9. The van der Waals surface area contributed by atoms with Crippen LogP contribution < -0.4 is 37.5 Å². The number of hydrogen-bond donors (Lipinski definition) is 9. The van der Waals surface area contributed by atoms with E-state index in [1.807, 2.05) is 24.3 Å². The Morgan fingerprint density at radius 2 is 1.35 bits per heavy atom. The average Bonchev–Trinajstić information content (AvgIpc) is 3.23. The van der Waals surface area contributed by atoms with Crippen LogP contribution in [0.25, 0.3) is 22.9 Å². The molecule has 1 unspecified atom stereocenters. The number of hydrogen-bond acceptors (Lipinski definition) is 13. The Hall–Kier alpha value is -6.02. The number of benzene rings is 5. The molecule has 0 bridgehead atoms. The van der Waals surface area contributed by atoms with Crippen LogP contribution in [-0.4, -0.2) is 74.6 Å². The Bertz CT molecular complexity index is 2860. The number of nitrogens with one attached hydrogen (secondary N) is 7. The van der Waals surface area contributed by atoms with E-state index in [2.05, 4.69) is 90.7 Å². The van der Waals surface area contributed by atoms with Gasteiger partial charge in [-0.2, -0.15) is 21.9 Å². The van der Waals surface area contributed by atoms with Crippen molar-refractivity contribution < 1.29 is 40.4 Å². The van der Waals surface area contributed by atoms with Crippen LogP contribution in [0.15, 0.2) is 120 Å². The zero-order valence-electron chi connectivity index (χ0n) is 31.7. The third-order valence-corrected chi connectivity index (χ3v) is 12.0. The fraction of sp³-hybridized carbons (Fsp3) is 0.0526. The van der Waals surface area contributed by atoms with Crippen molar-refractivity contribution in [2.24, 2.45) is 10.3 Å². The number of rotatable bonds is 14. The van der Waals surface area contributed by atoms with Gasteiger partial charge in [0.25, 0.3) is 21.9 Å². The fourth-order valence-electron chi connectivity index (χ4n) is 5.37. The van der Waals surface area contributed by atoms with Gasteiger partial charge in [-0.05, 0) is 132 Å². The molecule has 0 saturated carbocycles. The number of fused-ring (bicyclic) bond motifs is 1. The maximum Gasteiger partial charge on any atom is 0.359 e. The van der Waals surface area contributed by atoms with E-state index in [0.29, 0.717) is 20.2 Å². The zero-order valence-corrected chi connectivity index (χ0v) is 38.2. The van der Waals surface area contributed by atoms with Gasteiger partial charge in [-0.1, -0.05) is 59.8 Å². The molecule has 0 aromatic heterocycles. The van der Waals surface area contributed by atoms with Gasteiger partial charge < -0.3 is 26.4 Å². The second-order valence-corrected chi connectivity index (χ2v) is 17.9. The van der Waals surface area contributed by atoms with Gasteiger partial charge in [0, 0.05) is 30.8 Å². The minimum atomic E-state index is -4.89. The van der Waals surface area contributed by atoms with Crippen LogP contribution in [-0.2, 0) is 34.1 Å². The topological polar surface area (TPSA) is 261 Å². The summed E-state index contributed by atoms with van der Waals surface area (Å²) in [6, 6.07) is 22.1. The number of thiocarbonyl (C=S) groups is 2. The number of amides is 2. The maximum atomic E-state index is 13.5. The first-order valence-corrected chi connectivity index (χ1v) is 22.6. The first kappa shape index (κ1) is 47.0. The summed E-state index contributed by atoms with van der Waals surface area (Å²) in [6.07, 6.45) is 3.81. The molecule has 322 valence electrons. The molecule has 18 nitrogen and oxygen atoms in total. The molecular formula is C38H33Br2N9O9S4. The molecule has 0 aliphatic rings. The van der Waals surface area contributed by atoms with E-state index < -0.39 is 43.0 Å². The van der Waals surface area contributed by atoms with E-state index in [1.165, 1.54) is 48.7 Å². The highest BCUT2D eigenvalue weighted by molar-refractivity contribution is 9.11. The normalized spacial score (nSPS) is 12.0. The fourth-order valence-corrected chi connectivity index (χ4v) is 8.50. The zero-order chi connectivity index (χ0) is 45.2. The third-order valence-electron chi connectivity index (χ3n) is 8.22. The highest BCUT2D eigenvalue weighted by Crippen LogP contribution is 2.33. The molecule has 0 saturated heterocycles. The molecule has 2 amide bonds. The van der Waals surface area contributed by atoms with Crippen LogP contribution in [0.5, 0.6) is 5.75 Å². The van der Waals surface area contributed by atoms with E-state index in [0.717, 1.165) is 16.8 Å². The molecule has 62 heavy (non-hydrogen) atoms. The lowest BCUT2D eigenvalue weighted by atomic mass is 10.1. The number of phenolic OH excluding ortho intramolecular Hbond substituents is 1. The van der Waals surface area contributed by atoms with Crippen LogP contribution in [0.2, 0.25) is 0 Å². The maximum absolute atomic E-state index is 13.5. The van der Waals surface area contributed by atoms with E-state index in [-0.39, 0.29) is 43.4 Å². The number of phenols is 1. The SMILES string of the molecule is C=NOS(=O)(=O)c1cc(NC(=S)NC)ccc1/C=C/c1ccc(NC(=S)NNC(=O)C(Nc2ccc3ccccc3c2)C(=O)N/N=C/c2cc(Br)c(O)c(Br)c2)cc1S(=O)(=O)O. The quantitative estimate of drug-likeness (QED) is 0.0162. The number of oxime groups is 1. The first-order chi connectivity index (χ1) is 29.4. The molecule has 24 heteroatoms. The number of hydrazine groups is 1. The Labute approximate surface area is 382 Å². The largest absolute Gasteiger partial charge is 0.506 e. The van der Waals surface area contributed by atoms with Crippen LogP contribution in [0.1, 0.15) is 16.7 Å². The van der Waals surface area contributed by atoms with Gasteiger partial charge in [-0.3, -0.25) is 29.3 Å². The van der Waals surface area contributed by atoms with E-state index in [4.69, 9.17) is 24.4 Å². The minimum Gasteiger partial charge on any atom is -0.506 e. The molecule has 0 fully saturated rings. The van der Waals surface area contributed by atoms with Gasteiger partial charge in [0.05, 0.1) is 15.2 Å². The Morgan fingerprint density at radius 3 is 1.97 bits per heavy atom. The number of anilines is 3. The Balaban J connectivity index is 1.33. The number of carbonyl (C=O) groups excluding carboxylic acids is 2. The van der Waals surface area contributed by atoms with E-state index in [9.17, 15) is 36.1 Å². The number of halogens is 2. The van der Waals surface area contributed by atoms with Gasteiger partial charge >= 0.3 is 10.1 Å². The van der Waals surface area contributed by atoms with Crippen molar-refractivity contribution >= 4 is 151 Å². The summed E-state index contributed by atoms with van der Waals surface area (Å²) in [5.41, 5.74) is 8.34. The molecule has 0 aliphatic carbocycles. The molecule has 0 spiro atoms. The lowest BCUT2D eigenvalue weighted by Gasteiger charge is -2.19. The summed E-state index contributed by atoms with van der Waals surface area (Å²) in [6.45, 7) is 3.05. The van der Waals surface area contributed by atoms with Gasteiger partial charge in [-0.25, -0.2) is 5.43 Å². The van der Waals surface area contributed by atoms with Gasteiger partial charge in [0.15, 0.2) is 16.3 Å². The molecule has 0 heterocycles. The average molecular weight is 1050 g/mol. The Kier molecular flexibility index (Phi) is 15.7. The number of hydrazone groups is 1. The molecule has 5 aromatic carbocycles. The summed E-state index contributed by atoms with van der Waals surface area (Å²) in [5, 5.41) is 29.7. The summed E-state index contributed by atoms with van der Waals surface area (Å²) in [5.74, 6) is -1.81. The first-order valence-electron chi connectivity index (χ1n) is 17.3. The van der Waals surface area contributed by atoms with Gasteiger partial charge in [-0.15, -0.1) is 0 Å². The van der Waals surface area contributed by atoms with Crippen LogP contribution >= 0.6 is 56.3 Å². The van der Waals surface area contributed by atoms with Gasteiger partial charge in [0.2, 0.25) is 0 Å². The van der Waals surface area contributed by atoms with Crippen LogP contribution in [0.4, 0.5) is 17.1 Å².